The predicted molar refractivity (Wildman–Crippen MR) is 159 cm³/mol. The van der Waals surface area contributed by atoms with Gasteiger partial charge < -0.3 is 35.1 Å². The van der Waals surface area contributed by atoms with E-state index in [0.29, 0.717) is 54.8 Å². The lowest BCUT2D eigenvalue weighted by atomic mass is 9.66. The number of rotatable bonds is 9. The minimum atomic E-state index is -2.96. The maximum Gasteiger partial charge on any atom is 0.310 e. The first-order chi connectivity index (χ1) is 21.4. The zero-order chi connectivity index (χ0) is 32.3. The predicted octanol–water partition coefficient (Wildman–Crippen LogP) is 3.41. The third-order valence-electron chi connectivity index (χ3n) is 10.5. The lowest BCUT2D eigenvalue weighted by molar-refractivity contribution is -0.165. The Hall–Kier alpha value is -3.16. The molecule has 6 rings (SSSR count). The molecule has 45 heavy (non-hydrogen) atoms. The monoisotopic (exact) mass is 651 g/mol. The van der Waals surface area contributed by atoms with Gasteiger partial charge >= 0.3 is 5.97 Å². The molecule has 14 heteroatoms. The number of hydrogen-bond donors (Lipinski definition) is 3. The minimum absolute atomic E-state index is 0.111. The van der Waals surface area contributed by atoms with Crippen LogP contribution in [0.2, 0.25) is 5.02 Å². The molecule has 3 atom stereocenters. The smallest absolute Gasteiger partial charge is 0.310 e. The van der Waals surface area contributed by atoms with Crippen molar-refractivity contribution in [1.29, 1.82) is 0 Å². The number of allylic oxidation sites excluding steroid dienone is 1. The van der Waals surface area contributed by atoms with E-state index in [0.717, 1.165) is 24.3 Å². The van der Waals surface area contributed by atoms with E-state index in [1.165, 1.54) is 0 Å². The molecule has 5 aliphatic rings. The van der Waals surface area contributed by atoms with Crippen molar-refractivity contribution in [2.45, 2.75) is 76.9 Å². The standard InChI is InChI=1S/C31H40ClF2N5O6/c1-30(29(42)43)8-3-2-4-19(30)28(41)37-11-7-18-20(32)5-6-22(24(18)27(37)38-16-31(9-10-31)12-23(38)40)45-15-21(35)25(26(33)34)39(36)17-13-44-14-17/h5-6,17,19,26-27H,2-4,7-16,35-36H2,1H3,(H,42,43)/b25-21-/t19-,27?,30-/m0/s1. The molecule has 1 unspecified atom stereocenters. The van der Waals surface area contributed by atoms with Crippen LogP contribution in [0.3, 0.4) is 0 Å². The lowest BCUT2D eigenvalue weighted by Crippen LogP contribution is -2.54. The zero-order valence-corrected chi connectivity index (χ0v) is 26.0. The number of benzene rings is 1. The van der Waals surface area contributed by atoms with Gasteiger partial charge in [-0.2, -0.15) is 0 Å². The molecule has 1 aromatic rings. The Labute approximate surface area is 265 Å². The molecule has 1 aromatic carbocycles. The molecule has 2 saturated heterocycles. The molecule has 4 fully saturated rings. The van der Waals surface area contributed by atoms with Crippen molar-refractivity contribution in [2.75, 3.05) is 32.9 Å². The van der Waals surface area contributed by atoms with Crippen molar-refractivity contribution in [3.63, 3.8) is 0 Å². The van der Waals surface area contributed by atoms with Gasteiger partial charge in [-0.25, -0.2) is 14.6 Å². The van der Waals surface area contributed by atoms with Crippen LogP contribution in [0.4, 0.5) is 8.78 Å². The maximum atomic E-state index is 14.4. The van der Waals surface area contributed by atoms with Gasteiger partial charge in [-0.1, -0.05) is 24.4 Å². The summed E-state index contributed by atoms with van der Waals surface area (Å²) in [5.74, 6) is 3.99. The minimum Gasteiger partial charge on any atom is -0.487 e. The Balaban J connectivity index is 1.38. The number of hydrazine groups is 1. The Morgan fingerprint density at radius 2 is 1.98 bits per heavy atom. The fourth-order valence-electron chi connectivity index (χ4n) is 7.42. The summed E-state index contributed by atoms with van der Waals surface area (Å²) in [5.41, 5.74) is 5.11. The highest BCUT2D eigenvalue weighted by Crippen LogP contribution is 2.56. The van der Waals surface area contributed by atoms with E-state index in [1.807, 2.05) is 0 Å². The molecule has 3 aliphatic heterocycles. The van der Waals surface area contributed by atoms with Gasteiger partial charge in [-0.05, 0) is 62.1 Å². The quantitative estimate of drug-likeness (QED) is 0.270. The van der Waals surface area contributed by atoms with Crippen LogP contribution in [-0.4, -0.2) is 83.1 Å². The fourth-order valence-corrected chi connectivity index (χ4v) is 7.68. The Morgan fingerprint density at radius 1 is 1.24 bits per heavy atom. The number of carbonyl (C=O) groups is 3. The highest BCUT2D eigenvalue weighted by Gasteiger charge is 2.56. The molecule has 246 valence electrons. The van der Waals surface area contributed by atoms with E-state index in [-0.39, 0.29) is 48.4 Å². The molecule has 1 spiro atoms. The van der Waals surface area contributed by atoms with Gasteiger partial charge in [-0.15, -0.1) is 0 Å². The number of likely N-dealkylation sites (tertiary alicyclic amines) is 1. The van der Waals surface area contributed by atoms with Gasteiger partial charge in [0, 0.05) is 30.1 Å². The van der Waals surface area contributed by atoms with Crippen LogP contribution in [0, 0.1) is 16.7 Å². The number of nitrogens with two attached hydrogens (primary N) is 2. The van der Waals surface area contributed by atoms with Crippen molar-refractivity contribution in [3.05, 3.63) is 39.7 Å². The van der Waals surface area contributed by atoms with Crippen molar-refractivity contribution in [1.82, 2.24) is 14.8 Å². The molecule has 11 nitrogen and oxygen atoms in total. The van der Waals surface area contributed by atoms with Crippen molar-refractivity contribution in [2.24, 2.45) is 28.3 Å². The SMILES string of the molecule is C[C@]1(C(=O)O)CCCC[C@H]1C(=O)N1CCc2c(Cl)ccc(OC/C(N)=C(\C(F)F)N(N)C3COC3)c2C1N1CC2(CC2)CC1=O. The molecular weight excluding hydrogens is 612 g/mol. The topological polar surface area (TPSA) is 152 Å². The molecule has 2 amide bonds. The first-order valence-electron chi connectivity index (χ1n) is 15.5. The number of carboxylic acid groups (broad SMARTS) is 1. The number of carboxylic acids is 1. The third kappa shape index (κ3) is 5.61. The molecule has 5 N–H and O–H groups in total. The Kier molecular flexibility index (Phi) is 8.40. The van der Waals surface area contributed by atoms with Crippen molar-refractivity contribution >= 4 is 29.4 Å². The summed E-state index contributed by atoms with van der Waals surface area (Å²) < 4.78 is 39.4. The highest BCUT2D eigenvalue weighted by molar-refractivity contribution is 6.31. The molecule has 3 heterocycles. The van der Waals surface area contributed by atoms with Crippen LogP contribution in [0.5, 0.6) is 5.75 Å². The average Bonchev–Trinajstić information content (AvgIpc) is 3.64. The number of nitrogens with zero attached hydrogens (tertiary/aromatic N) is 3. The summed E-state index contributed by atoms with van der Waals surface area (Å²) in [6, 6.07) is 2.79. The number of amides is 2. The normalized spacial score (nSPS) is 28.1. The number of alkyl halides is 2. The largest absolute Gasteiger partial charge is 0.487 e. The first-order valence-corrected chi connectivity index (χ1v) is 15.9. The maximum absolute atomic E-state index is 14.4. The van der Waals surface area contributed by atoms with Gasteiger partial charge in [0.25, 0.3) is 6.43 Å². The molecule has 0 radical (unpaired) electrons. The number of aliphatic carboxylic acids is 1. The van der Waals surface area contributed by atoms with E-state index >= 15 is 0 Å². The first kappa shape index (κ1) is 31.8. The number of hydrogen-bond acceptors (Lipinski definition) is 8. The number of ether oxygens (including phenoxy) is 2. The Bertz CT molecular complexity index is 1420. The van der Waals surface area contributed by atoms with E-state index in [9.17, 15) is 28.3 Å². The van der Waals surface area contributed by atoms with Crippen LogP contribution in [0.1, 0.15) is 69.2 Å². The van der Waals surface area contributed by atoms with Gasteiger partial charge in [0.15, 0.2) is 0 Å². The van der Waals surface area contributed by atoms with E-state index < -0.39 is 48.2 Å². The number of fused-ring (bicyclic) bond motifs is 1. The lowest BCUT2D eigenvalue weighted by Gasteiger charge is -2.47. The second kappa shape index (κ2) is 11.9. The van der Waals surface area contributed by atoms with Crippen molar-refractivity contribution in [3.8, 4) is 5.75 Å². The van der Waals surface area contributed by atoms with E-state index in [4.69, 9.17) is 32.7 Å². The van der Waals surface area contributed by atoms with E-state index in [1.54, 1.807) is 28.9 Å². The molecular formula is C31H40ClF2N5O6. The van der Waals surface area contributed by atoms with Gasteiger partial charge in [0.2, 0.25) is 11.8 Å². The summed E-state index contributed by atoms with van der Waals surface area (Å²) in [6.45, 7) is 2.26. The molecule has 2 aliphatic carbocycles. The average molecular weight is 652 g/mol. The number of halogens is 3. The molecule has 0 aromatic heterocycles. The van der Waals surface area contributed by atoms with Crippen LogP contribution in [0.15, 0.2) is 23.5 Å². The van der Waals surface area contributed by atoms with E-state index in [2.05, 4.69) is 0 Å². The fraction of sp³-hybridized carbons (Fsp3) is 0.645. The summed E-state index contributed by atoms with van der Waals surface area (Å²) in [4.78, 5) is 43.8. The van der Waals surface area contributed by atoms with Crippen LogP contribution < -0.4 is 16.3 Å². The summed E-state index contributed by atoms with van der Waals surface area (Å²) in [6.07, 6.45) is 0.877. The van der Waals surface area contributed by atoms with Gasteiger partial charge in [0.05, 0.1) is 36.3 Å². The Morgan fingerprint density at radius 3 is 2.58 bits per heavy atom. The van der Waals surface area contributed by atoms with Crippen LogP contribution in [0.25, 0.3) is 0 Å². The van der Waals surface area contributed by atoms with Gasteiger partial charge in [-0.3, -0.25) is 14.4 Å². The second-order valence-electron chi connectivity index (χ2n) is 13.4. The van der Waals surface area contributed by atoms with Crippen LogP contribution in [-0.2, 0) is 25.5 Å². The summed E-state index contributed by atoms with van der Waals surface area (Å²) in [7, 11) is 0. The second-order valence-corrected chi connectivity index (χ2v) is 13.8. The summed E-state index contributed by atoms with van der Waals surface area (Å²) >= 11 is 6.70. The number of carbonyl (C=O) groups excluding carboxylic acids is 2. The van der Waals surface area contributed by atoms with Gasteiger partial charge in [0.1, 0.15) is 24.2 Å². The van der Waals surface area contributed by atoms with Crippen molar-refractivity contribution < 1.29 is 37.7 Å². The molecule has 2 saturated carbocycles. The molecule has 0 bridgehead atoms. The van der Waals surface area contributed by atoms with Crippen LogP contribution >= 0.6 is 11.6 Å². The summed E-state index contributed by atoms with van der Waals surface area (Å²) in [5, 5.41) is 11.5. The third-order valence-corrected chi connectivity index (χ3v) is 10.9. The highest BCUT2D eigenvalue weighted by atomic mass is 35.5. The zero-order valence-electron chi connectivity index (χ0n) is 25.3.